The maximum atomic E-state index is 11.1. The van der Waals surface area contributed by atoms with Crippen molar-refractivity contribution < 1.29 is 14.3 Å². The van der Waals surface area contributed by atoms with Gasteiger partial charge >= 0.3 is 5.97 Å². The van der Waals surface area contributed by atoms with Crippen molar-refractivity contribution in [2.75, 3.05) is 6.61 Å². The summed E-state index contributed by atoms with van der Waals surface area (Å²) in [7, 11) is 0. The molecule has 1 aliphatic carbocycles. The molecule has 3 nitrogen and oxygen atoms in total. The van der Waals surface area contributed by atoms with Crippen LogP contribution in [0.3, 0.4) is 0 Å². The van der Waals surface area contributed by atoms with Crippen molar-refractivity contribution in [3.8, 4) is 0 Å². The molecule has 0 spiro atoms. The normalized spacial score (nSPS) is 25.0. The second-order valence-electron chi connectivity index (χ2n) is 5.89. The Hall–Kier alpha value is -1.87. The van der Waals surface area contributed by atoms with E-state index in [1.807, 2.05) is 36.4 Å². The SMILES string of the molecule is C=C(C)C(=O)OCC1CCC2OC2C1.C=Cc1ccccc1. The van der Waals surface area contributed by atoms with Gasteiger partial charge in [0, 0.05) is 5.57 Å². The summed E-state index contributed by atoms with van der Waals surface area (Å²) in [4.78, 5) is 11.1. The van der Waals surface area contributed by atoms with E-state index < -0.39 is 0 Å². The Bertz CT molecular complexity index is 521. The molecule has 0 amide bonds. The molecule has 0 bridgehead atoms. The van der Waals surface area contributed by atoms with Crippen molar-refractivity contribution >= 4 is 12.0 Å². The van der Waals surface area contributed by atoms with Crippen molar-refractivity contribution in [3.63, 3.8) is 0 Å². The first-order valence-electron chi connectivity index (χ1n) is 7.75. The largest absolute Gasteiger partial charge is 0.462 e. The van der Waals surface area contributed by atoms with Crippen LogP contribution in [0.15, 0.2) is 49.1 Å². The van der Waals surface area contributed by atoms with Crippen LogP contribution in [0.5, 0.6) is 0 Å². The van der Waals surface area contributed by atoms with Crippen molar-refractivity contribution in [2.45, 2.75) is 38.4 Å². The van der Waals surface area contributed by atoms with E-state index in [0.29, 0.717) is 30.3 Å². The molecule has 1 heterocycles. The first-order valence-corrected chi connectivity index (χ1v) is 7.75. The molecule has 3 unspecified atom stereocenters. The molecule has 1 aromatic carbocycles. The average Bonchev–Trinajstić information content (AvgIpc) is 3.32. The summed E-state index contributed by atoms with van der Waals surface area (Å²) in [6, 6.07) is 10.0. The van der Waals surface area contributed by atoms with Gasteiger partial charge in [-0.1, -0.05) is 49.6 Å². The lowest BCUT2D eigenvalue weighted by Gasteiger charge is -2.18. The van der Waals surface area contributed by atoms with Gasteiger partial charge < -0.3 is 9.47 Å². The van der Waals surface area contributed by atoms with Gasteiger partial charge in [0.1, 0.15) is 0 Å². The maximum absolute atomic E-state index is 11.1. The van der Waals surface area contributed by atoms with Gasteiger partial charge in [-0.05, 0) is 37.7 Å². The Labute approximate surface area is 132 Å². The molecule has 3 atom stereocenters. The molecule has 1 aliphatic heterocycles. The molecule has 1 aromatic rings. The minimum absolute atomic E-state index is 0.274. The highest BCUT2D eigenvalue weighted by molar-refractivity contribution is 5.86. The molecule has 1 saturated carbocycles. The van der Waals surface area contributed by atoms with Gasteiger partial charge in [-0.2, -0.15) is 0 Å². The highest BCUT2D eigenvalue weighted by Gasteiger charge is 2.43. The van der Waals surface area contributed by atoms with Crippen LogP contribution in [-0.2, 0) is 14.3 Å². The van der Waals surface area contributed by atoms with Gasteiger partial charge in [-0.3, -0.25) is 0 Å². The summed E-state index contributed by atoms with van der Waals surface area (Å²) in [6.45, 7) is 9.37. The maximum Gasteiger partial charge on any atom is 0.333 e. The summed E-state index contributed by atoms with van der Waals surface area (Å²) >= 11 is 0. The van der Waals surface area contributed by atoms with Crippen molar-refractivity contribution in [2.24, 2.45) is 5.92 Å². The summed E-state index contributed by atoms with van der Waals surface area (Å²) in [5.41, 5.74) is 1.65. The third-order valence-corrected chi connectivity index (χ3v) is 3.95. The third-order valence-electron chi connectivity index (χ3n) is 3.95. The minimum Gasteiger partial charge on any atom is -0.462 e. The molecular weight excluding hydrogens is 276 g/mol. The van der Waals surface area contributed by atoms with E-state index in [1.54, 1.807) is 6.92 Å². The zero-order valence-corrected chi connectivity index (χ0v) is 13.2. The van der Waals surface area contributed by atoms with Gasteiger partial charge in [0.15, 0.2) is 0 Å². The van der Waals surface area contributed by atoms with Crippen LogP contribution in [0.25, 0.3) is 6.08 Å². The fourth-order valence-electron chi connectivity index (χ4n) is 2.54. The van der Waals surface area contributed by atoms with E-state index in [0.717, 1.165) is 19.3 Å². The third kappa shape index (κ3) is 5.15. The number of benzene rings is 1. The number of fused-ring (bicyclic) bond motifs is 1. The molecule has 0 radical (unpaired) electrons. The molecule has 118 valence electrons. The highest BCUT2D eigenvalue weighted by Crippen LogP contribution is 2.39. The monoisotopic (exact) mass is 300 g/mol. The second-order valence-corrected chi connectivity index (χ2v) is 5.89. The van der Waals surface area contributed by atoms with Gasteiger partial charge in [-0.15, -0.1) is 0 Å². The predicted octanol–water partition coefficient (Wildman–Crippen LogP) is 4.00. The molecule has 1 saturated heterocycles. The molecular formula is C19H24O3. The van der Waals surface area contributed by atoms with Gasteiger partial charge in [0.05, 0.1) is 18.8 Å². The smallest absolute Gasteiger partial charge is 0.333 e. The van der Waals surface area contributed by atoms with Gasteiger partial charge in [-0.25, -0.2) is 4.79 Å². The Morgan fingerprint density at radius 1 is 1.32 bits per heavy atom. The van der Waals surface area contributed by atoms with Crippen LogP contribution in [0.4, 0.5) is 0 Å². The molecule has 0 aromatic heterocycles. The standard InChI is InChI=1S/C11H16O3.C8H8/c1-7(2)11(12)13-6-8-3-4-9-10(5-8)14-9;1-2-8-6-4-3-5-7-8/h8-10H,1,3-6H2,2H3;2-7H,1H2. The molecule has 0 N–H and O–H groups in total. The lowest BCUT2D eigenvalue weighted by atomic mass is 9.90. The quantitative estimate of drug-likeness (QED) is 0.479. The molecule has 3 rings (SSSR count). The molecule has 2 fully saturated rings. The number of carbonyl (C=O) groups is 1. The van der Waals surface area contributed by atoms with E-state index in [2.05, 4.69) is 13.2 Å². The van der Waals surface area contributed by atoms with Crippen LogP contribution in [-0.4, -0.2) is 24.8 Å². The van der Waals surface area contributed by atoms with Crippen LogP contribution in [0.1, 0.15) is 31.7 Å². The van der Waals surface area contributed by atoms with Crippen LogP contribution in [0, 0.1) is 5.92 Å². The van der Waals surface area contributed by atoms with E-state index >= 15 is 0 Å². The second kappa shape index (κ2) is 7.95. The summed E-state index contributed by atoms with van der Waals surface area (Å²) < 4.78 is 10.5. The first kappa shape index (κ1) is 16.5. The zero-order chi connectivity index (χ0) is 15.9. The minimum atomic E-state index is -0.274. The van der Waals surface area contributed by atoms with E-state index in [-0.39, 0.29) is 5.97 Å². The molecule has 3 heteroatoms. The highest BCUT2D eigenvalue weighted by atomic mass is 16.6. The van der Waals surface area contributed by atoms with Gasteiger partial charge in [0.25, 0.3) is 0 Å². The van der Waals surface area contributed by atoms with Crippen LogP contribution < -0.4 is 0 Å². The number of hydrogen-bond donors (Lipinski definition) is 0. The number of epoxide rings is 1. The molecule has 2 aliphatic rings. The Balaban J connectivity index is 0.000000188. The fraction of sp³-hybridized carbons (Fsp3) is 0.421. The van der Waals surface area contributed by atoms with Crippen molar-refractivity contribution in [1.29, 1.82) is 0 Å². The summed E-state index contributed by atoms with van der Waals surface area (Å²) in [5.74, 6) is 0.214. The summed E-state index contributed by atoms with van der Waals surface area (Å²) in [6.07, 6.45) is 6.10. The van der Waals surface area contributed by atoms with E-state index in [4.69, 9.17) is 9.47 Å². The zero-order valence-electron chi connectivity index (χ0n) is 13.2. The van der Waals surface area contributed by atoms with Gasteiger partial charge in [0.2, 0.25) is 0 Å². The first-order chi connectivity index (χ1) is 10.6. The number of ether oxygens (including phenoxy) is 2. The Morgan fingerprint density at radius 2 is 2.05 bits per heavy atom. The number of esters is 1. The molecule has 22 heavy (non-hydrogen) atoms. The lowest BCUT2D eigenvalue weighted by Crippen LogP contribution is -2.20. The van der Waals surface area contributed by atoms with Crippen LogP contribution >= 0.6 is 0 Å². The number of hydrogen-bond acceptors (Lipinski definition) is 3. The summed E-state index contributed by atoms with van der Waals surface area (Å²) in [5, 5.41) is 0. The Kier molecular flexibility index (Phi) is 5.96. The number of carbonyl (C=O) groups excluding carboxylic acids is 1. The fourth-order valence-corrected chi connectivity index (χ4v) is 2.54. The lowest BCUT2D eigenvalue weighted by molar-refractivity contribution is -0.140. The van der Waals surface area contributed by atoms with Crippen molar-refractivity contribution in [1.82, 2.24) is 0 Å². The van der Waals surface area contributed by atoms with E-state index in [1.165, 1.54) is 5.56 Å². The predicted molar refractivity (Wildman–Crippen MR) is 88.3 cm³/mol. The topological polar surface area (TPSA) is 38.8 Å². The Morgan fingerprint density at radius 3 is 2.59 bits per heavy atom. The van der Waals surface area contributed by atoms with Crippen LogP contribution in [0.2, 0.25) is 0 Å². The number of rotatable bonds is 4. The van der Waals surface area contributed by atoms with E-state index in [9.17, 15) is 4.79 Å². The average molecular weight is 300 g/mol. The van der Waals surface area contributed by atoms with Crippen molar-refractivity contribution in [3.05, 3.63) is 54.6 Å².